The maximum atomic E-state index is 13.4. The molecule has 0 fully saturated rings. The van der Waals surface area contributed by atoms with Crippen molar-refractivity contribution in [1.82, 2.24) is 9.55 Å². The summed E-state index contributed by atoms with van der Waals surface area (Å²) in [4.78, 5) is 29.1. The summed E-state index contributed by atoms with van der Waals surface area (Å²) >= 11 is 0. The van der Waals surface area contributed by atoms with Crippen LogP contribution < -0.4 is 0 Å². The van der Waals surface area contributed by atoms with Gasteiger partial charge >= 0.3 is 0 Å². The van der Waals surface area contributed by atoms with Crippen LogP contribution in [0.5, 0.6) is 0 Å². The van der Waals surface area contributed by atoms with Gasteiger partial charge in [0.25, 0.3) is 5.69 Å². The maximum Gasteiger partial charge on any atom is 0.269 e. The van der Waals surface area contributed by atoms with E-state index in [4.69, 9.17) is 4.98 Å². The van der Waals surface area contributed by atoms with Crippen LogP contribution >= 0.6 is 0 Å². The summed E-state index contributed by atoms with van der Waals surface area (Å²) in [7, 11) is 0. The number of pyridine rings is 1. The van der Waals surface area contributed by atoms with Crippen LogP contribution in [0.1, 0.15) is 47.4 Å². The van der Waals surface area contributed by atoms with Gasteiger partial charge in [-0.25, -0.2) is 4.98 Å². The first kappa shape index (κ1) is 21.5. The monoisotopic (exact) mass is 450 g/mol. The van der Waals surface area contributed by atoms with Crippen LogP contribution in [0.25, 0.3) is 22.2 Å². The Morgan fingerprint density at radius 1 is 1.09 bits per heavy atom. The highest BCUT2D eigenvalue weighted by atomic mass is 16.6. The second-order valence-electron chi connectivity index (χ2n) is 9.52. The van der Waals surface area contributed by atoms with Crippen molar-refractivity contribution in [3.05, 3.63) is 93.3 Å². The maximum absolute atomic E-state index is 13.4. The van der Waals surface area contributed by atoms with Crippen LogP contribution in [0, 0.1) is 26.9 Å². The van der Waals surface area contributed by atoms with E-state index in [0.29, 0.717) is 58.4 Å². The number of rotatable bonds is 4. The van der Waals surface area contributed by atoms with Gasteiger partial charge in [0.15, 0.2) is 5.78 Å². The standard InChI is InChI=1S/C27H22N4O3/c1-27(2)12-21-25(22(32)13-27)23(18-8-10-20(11-9-18)31(33)34)24-19(14-28)16-30(26(24)29-21)15-17-6-4-3-5-7-17/h3-11,16H,12-13,15H2,1-2H3. The van der Waals surface area contributed by atoms with Gasteiger partial charge < -0.3 is 4.57 Å². The number of benzene rings is 2. The number of Topliss-reactive ketones (excluding diaryl/α,β-unsaturated/α-hetero) is 1. The van der Waals surface area contributed by atoms with E-state index in [9.17, 15) is 20.2 Å². The van der Waals surface area contributed by atoms with E-state index in [0.717, 1.165) is 5.56 Å². The number of hydrogen-bond donors (Lipinski definition) is 0. The number of nitro benzene ring substituents is 1. The van der Waals surface area contributed by atoms with Crippen LogP contribution in [-0.2, 0) is 13.0 Å². The van der Waals surface area contributed by atoms with Crippen molar-refractivity contribution in [2.24, 2.45) is 5.41 Å². The Hall–Kier alpha value is -4.31. The van der Waals surface area contributed by atoms with Gasteiger partial charge in [-0.05, 0) is 35.1 Å². The van der Waals surface area contributed by atoms with Gasteiger partial charge in [-0.2, -0.15) is 5.26 Å². The quantitative estimate of drug-likeness (QED) is 0.294. The Bertz CT molecular complexity index is 1490. The van der Waals surface area contributed by atoms with Crippen molar-refractivity contribution in [2.45, 2.75) is 33.2 Å². The minimum absolute atomic E-state index is 0.0197. The van der Waals surface area contributed by atoms with Gasteiger partial charge in [0, 0.05) is 47.8 Å². The minimum Gasteiger partial charge on any atom is -0.327 e. The molecule has 0 saturated heterocycles. The summed E-state index contributed by atoms with van der Waals surface area (Å²) in [6, 6.07) is 18.3. The van der Waals surface area contributed by atoms with Crippen LogP contribution in [-0.4, -0.2) is 20.3 Å². The molecule has 2 aromatic heterocycles. The summed E-state index contributed by atoms with van der Waals surface area (Å²) in [6.07, 6.45) is 2.78. The van der Waals surface area contributed by atoms with Crippen LogP contribution in [0.15, 0.2) is 60.8 Å². The molecular weight excluding hydrogens is 428 g/mol. The number of carbonyl (C=O) groups excluding carboxylic acids is 1. The number of nitrogens with zero attached hydrogens (tertiary/aromatic N) is 4. The molecule has 0 unspecified atom stereocenters. The number of ketones is 1. The van der Waals surface area contributed by atoms with Gasteiger partial charge in [-0.15, -0.1) is 0 Å². The lowest BCUT2D eigenvalue weighted by Gasteiger charge is -2.31. The number of fused-ring (bicyclic) bond motifs is 2. The average molecular weight is 450 g/mol. The zero-order chi connectivity index (χ0) is 24.0. The van der Waals surface area contributed by atoms with Crippen LogP contribution in [0.4, 0.5) is 5.69 Å². The van der Waals surface area contributed by atoms with Crippen molar-refractivity contribution in [3.8, 4) is 17.2 Å². The largest absolute Gasteiger partial charge is 0.327 e. The minimum atomic E-state index is -0.452. The third-order valence-corrected chi connectivity index (χ3v) is 6.33. The molecule has 1 aliphatic rings. The van der Waals surface area contributed by atoms with Crippen molar-refractivity contribution < 1.29 is 9.72 Å². The smallest absolute Gasteiger partial charge is 0.269 e. The molecule has 7 nitrogen and oxygen atoms in total. The van der Waals surface area contributed by atoms with E-state index in [1.165, 1.54) is 12.1 Å². The molecule has 1 aliphatic carbocycles. The predicted octanol–water partition coefficient (Wildman–Crippen LogP) is 5.69. The molecule has 2 heterocycles. The Labute approximate surface area is 196 Å². The average Bonchev–Trinajstić information content (AvgIpc) is 3.14. The Balaban J connectivity index is 1.82. The van der Waals surface area contributed by atoms with Gasteiger partial charge in [0.1, 0.15) is 11.7 Å². The third kappa shape index (κ3) is 3.63. The third-order valence-electron chi connectivity index (χ3n) is 6.33. The molecule has 0 radical (unpaired) electrons. The van der Waals surface area contributed by atoms with Crippen LogP contribution in [0.3, 0.4) is 0 Å². The van der Waals surface area contributed by atoms with Gasteiger partial charge in [-0.3, -0.25) is 14.9 Å². The second-order valence-corrected chi connectivity index (χ2v) is 9.52. The lowest BCUT2D eigenvalue weighted by atomic mass is 9.73. The highest BCUT2D eigenvalue weighted by molar-refractivity contribution is 6.12. The Morgan fingerprint density at radius 3 is 2.44 bits per heavy atom. The summed E-state index contributed by atoms with van der Waals surface area (Å²) < 4.78 is 1.95. The van der Waals surface area contributed by atoms with Gasteiger partial charge in [0.2, 0.25) is 0 Å². The molecule has 34 heavy (non-hydrogen) atoms. The second kappa shape index (κ2) is 7.92. The molecule has 0 atom stereocenters. The first-order valence-corrected chi connectivity index (χ1v) is 11.1. The number of carbonyl (C=O) groups is 1. The van der Waals surface area contributed by atoms with E-state index in [-0.39, 0.29) is 16.9 Å². The van der Waals surface area contributed by atoms with E-state index in [1.807, 2.05) is 34.9 Å². The fraction of sp³-hybridized carbons (Fsp3) is 0.222. The number of nitriles is 1. The fourth-order valence-corrected chi connectivity index (χ4v) is 4.86. The topological polar surface area (TPSA) is 102 Å². The van der Waals surface area contributed by atoms with E-state index in [1.54, 1.807) is 18.3 Å². The molecule has 4 aromatic rings. The van der Waals surface area contributed by atoms with E-state index < -0.39 is 4.92 Å². The first-order chi connectivity index (χ1) is 16.3. The number of hydrogen-bond acceptors (Lipinski definition) is 5. The highest BCUT2D eigenvalue weighted by Gasteiger charge is 2.36. The lowest BCUT2D eigenvalue weighted by Crippen LogP contribution is -2.28. The number of non-ortho nitro benzene ring substituents is 1. The zero-order valence-corrected chi connectivity index (χ0v) is 18.9. The number of aromatic nitrogens is 2. The zero-order valence-electron chi connectivity index (χ0n) is 18.9. The molecule has 0 spiro atoms. The lowest BCUT2D eigenvalue weighted by molar-refractivity contribution is -0.384. The molecule has 0 amide bonds. The van der Waals surface area contributed by atoms with Crippen LogP contribution in [0.2, 0.25) is 0 Å². The van der Waals surface area contributed by atoms with E-state index in [2.05, 4.69) is 19.9 Å². The van der Waals surface area contributed by atoms with Crippen molar-refractivity contribution in [3.63, 3.8) is 0 Å². The molecule has 0 aliphatic heterocycles. The summed E-state index contributed by atoms with van der Waals surface area (Å²) in [5, 5.41) is 21.8. The van der Waals surface area contributed by atoms with Crippen molar-refractivity contribution >= 4 is 22.5 Å². The van der Waals surface area contributed by atoms with Crippen molar-refractivity contribution in [1.29, 1.82) is 5.26 Å². The predicted molar refractivity (Wildman–Crippen MR) is 129 cm³/mol. The molecule has 5 rings (SSSR count). The summed E-state index contributed by atoms with van der Waals surface area (Å²) in [6.45, 7) is 4.63. The van der Waals surface area contributed by atoms with Crippen molar-refractivity contribution in [2.75, 3.05) is 0 Å². The Kier molecular flexibility index (Phi) is 5.02. The first-order valence-electron chi connectivity index (χ1n) is 11.1. The molecule has 0 N–H and O–H groups in total. The normalized spacial score (nSPS) is 14.6. The molecular formula is C27H22N4O3. The van der Waals surface area contributed by atoms with E-state index >= 15 is 0 Å². The highest BCUT2D eigenvalue weighted by Crippen LogP contribution is 2.43. The van der Waals surface area contributed by atoms with Gasteiger partial charge in [0.05, 0.1) is 16.2 Å². The molecule has 2 aromatic carbocycles. The summed E-state index contributed by atoms with van der Waals surface area (Å²) in [5.74, 6) is -0.0197. The molecule has 0 saturated carbocycles. The number of nitro groups is 1. The molecule has 168 valence electrons. The summed E-state index contributed by atoms with van der Waals surface area (Å²) in [5.41, 5.74) is 4.40. The molecule has 7 heteroatoms. The Morgan fingerprint density at radius 2 is 1.79 bits per heavy atom. The molecule has 0 bridgehead atoms. The SMILES string of the molecule is CC1(C)CC(=O)c2c(nc3c(c(C#N)cn3Cc3ccccc3)c2-c2ccc([N+](=O)[O-])cc2)C1. The van der Waals surface area contributed by atoms with Gasteiger partial charge in [-0.1, -0.05) is 44.2 Å². The fourth-order valence-electron chi connectivity index (χ4n) is 4.86.